The number of rotatable bonds is 8. The van der Waals surface area contributed by atoms with Crippen LogP contribution < -0.4 is 10.6 Å². The molecule has 0 saturated heterocycles. The van der Waals surface area contributed by atoms with Gasteiger partial charge in [-0.15, -0.1) is 0 Å². The van der Waals surface area contributed by atoms with Crippen LogP contribution in [0.15, 0.2) is 72.8 Å². The van der Waals surface area contributed by atoms with E-state index in [1.54, 1.807) is 24.3 Å². The Morgan fingerprint density at radius 1 is 0.879 bits per heavy atom. The van der Waals surface area contributed by atoms with Crippen molar-refractivity contribution in [2.75, 3.05) is 5.32 Å². The molecule has 0 aliphatic heterocycles. The minimum Gasteiger partial charge on any atom is -0.340 e. The van der Waals surface area contributed by atoms with Crippen LogP contribution >= 0.6 is 11.6 Å². The summed E-state index contributed by atoms with van der Waals surface area (Å²) in [4.78, 5) is 46.2. The van der Waals surface area contributed by atoms with E-state index in [0.29, 0.717) is 0 Å². The second-order valence-corrected chi connectivity index (χ2v) is 7.34. The molecule has 0 spiro atoms. The average molecular weight is 469 g/mol. The third kappa shape index (κ3) is 6.11. The smallest absolute Gasteiger partial charge is 0.271 e. The van der Waals surface area contributed by atoms with Gasteiger partial charge in [0.1, 0.15) is 6.04 Å². The van der Waals surface area contributed by atoms with Crippen molar-refractivity contribution < 1.29 is 19.4 Å². The Hall–Kier alpha value is -4.31. The summed E-state index contributed by atoms with van der Waals surface area (Å²) in [7, 11) is 0. The van der Waals surface area contributed by atoms with Crippen molar-refractivity contribution in [2.24, 2.45) is 0 Å². The molecule has 11 heteroatoms. The molecule has 2 N–H and O–H groups in total. The second-order valence-electron chi connectivity index (χ2n) is 6.93. The fourth-order valence-corrected chi connectivity index (χ4v) is 3.20. The Labute approximate surface area is 192 Å². The molecule has 3 aromatic carbocycles. The van der Waals surface area contributed by atoms with E-state index in [1.807, 2.05) is 6.07 Å². The first-order valence-electron chi connectivity index (χ1n) is 9.58. The van der Waals surface area contributed by atoms with Crippen LogP contribution in [-0.4, -0.2) is 27.7 Å². The molecule has 0 fully saturated rings. The maximum Gasteiger partial charge on any atom is 0.271 e. The molecule has 33 heavy (non-hydrogen) atoms. The molecule has 168 valence electrons. The van der Waals surface area contributed by atoms with Crippen molar-refractivity contribution in [1.82, 2.24) is 5.32 Å². The molecule has 0 aliphatic rings. The van der Waals surface area contributed by atoms with Crippen LogP contribution in [0.4, 0.5) is 17.1 Å². The highest BCUT2D eigenvalue weighted by Gasteiger charge is 2.23. The predicted molar refractivity (Wildman–Crippen MR) is 121 cm³/mol. The molecule has 0 bridgehead atoms. The van der Waals surface area contributed by atoms with Gasteiger partial charge in [-0.3, -0.25) is 29.8 Å². The molecular formula is C22H17ClN4O6. The SMILES string of the molecule is O=C(N[C@@H](Cc1ccccc1)C(=O)Nc1ccc([N+](=O)[O-])cc1Cl)c1ccc([N+](=O)[O-])cc1. The number of nitro benzene ring substituents is 2. The van der Waals surface area contributed by atoms with Crippen molar-refractivity contribution in [3.63, 3.8) is 0 Å². The quantitative estimate of drug-likeness (QED) is 0.375. The number of nitro groups is 2. The largest absolute Gasteiger partial charge is 0.340 e. The average Bonchev–Trinajstić information content (AvgIpc) is 2.80. The number of hydrogen-bond acceptors (Lipinski definition) is 6. The summed E-state index contributed by atoms with van der Waals surface area (Å²) in [6.07, 6.45) is 0.149. The fraction of sp³-hybridized carbons (Fsp3) is 0.0909. The summed E-state index contributed by atoms with van der Waals surface area (Å²) in [5.41, 5.74) is 0.662. The number of nitrogens with one attached hydrogen (secondary N) is 2. The van der Waals surface area contributed by atoms with Crippen LogP contribution in [-0.2, 0) is 11.2 Å². The van der Waals surface area contributed by atoms with Crippen molar-refractivity contribution in [3.8, 4) is 0 Å². The van der Waals surface area contributed by atoms with Gasteiger partial charge in [0.05, 0.1) is 20.6 Å². The minimum atomic E-state index is -1.03. The first-order chi connectivity index (χ1) is 15.7. The van der Waals surface area contributed by atoms with Gasteiger partial charge in [0.15, 0.2) is 0 Å². The van der Waals surface area contributed by atoms with Gasteiger partial charge in [0, 0.05) is 36.2 Å². The minimum absolute atomic E-state index is 0.0299. The van der Waals surface area contributed by atoms with Crippen molar-refractivity contribution >= 4 is 40.5 Å². The normalized spacial score (nSPS) is 11.3. The van der Waals surface area contributed by atoms with Gasteiger partial charge in [-0.2, -0.15) is 0 Å². The lowest BCUT2D eigenvalue weighted by Crippen LogP contribution is -2.45. The Kier molecular flexibility index (Phi) is 7.31. The van der Waals surface area contributed by atoms with Crippen molar-refractivity contribution in [1.29, 1.82) is 0 Å². The molecule has 0 heterocycles. The lowest BCUT2D eigenvalue weighted by atomic mass is 10.0. The number of anilines is 1. The Bertz CT molecular complexity index is 1200. The van der Waals surface area contributed by atoms with Crippen LogP contribution in [0, 0.1) is 20.2 Å². The van der Waals surface area contributed by atoms with Gasteiger partial charge in [0.25, 0.3) is 17.3 Å². The molecule has 0 unspecified atom stereocenters. The van der Waals surface area contributed by atoms with E-state index in [4.69, 9.17) is 11.6 Å². The monoisotopic (exact) mass is 468 g/mol. The van der Waals surface area contributed by atoms with Gasteiger partial charge >= 0.3 is 0 Å². The molecule has 1 atom stereocenters. The summed E-state index contributed by atoms with van der Waals surface area (Å²) in [6.45, 7) is 0. The Morgan fingerprint density at radius 3 is 2.06 bits per heavy atom. The van der Waals surface area contributed by atoms with Crippen LogP contribution in [0.25, 0.3) is 0 Å². The summed E-state index contributed by atoms with van der Waals surface area (Å²) in [6, 6.07) is 16.5. The first kappa shape index (κ1) is 23.4. The second kappa shape index (κ2) is 10.3. The van der Waals surface area contributed by atoms with Crippen LogP contribution in [0.3, 0.4) is 0 Å². The maximum absolute atomic E-state index is 13.0. The van der Waals surface area contributed by atoms with Crippen LogP contribution in [0.5, 0.6) is 0 Å². The molecule has 3 rings (SSSR count). The van der Waals surface area contributed by atoms with Crippen LogP contribution in [0.1, 0.15) is 15.9 Å². The van der Waals surface area contributed by atoms with Crippen molar-refractivity contribution in [2.45, 2.75) is 12.5 Å². The summed E-state index contributed by atoms with van der Waals surface area (Å²) in [5.74, 6) is -1.19. The maximum atomic E-state index is 13.0. The molecule has 0 aromatic heterocycles. The first-order valence-corrected chi connectivity index (χ1v) is 9.96. The van der Waals surface area contributed by atoms with Crippen LogP contribution in [0.2, 0.25) is 5.02 Å². The molecule has 2 amide bonds. The summed E-state index contributed by atoms with van der Waals surface area (Å²) >= 11 is 6.06. The molecule has 10 nitrogen and oxygen atoms in total. The number of benzene rings is 3. The summed E-state index contributed by atoms with van der Waals surface area (Å²) < 4.78 is 0. The molecular weight excluding hydrogens is 452 g/mol. The van der Waals surface area contributed by atoms with E-state index >= 15 is 0 Å². The zero-order valence-electron chi connectivity index (χ0n) is 16.9. The van der Waals surface area contributed by atoms with Gasteiger partial charge in [0.2, 0.25) is 5.91 Å². The highest BCUT2D eigenvalue weighted by atomic mass is 35.5. The van der Waals surface area contributed by atoms with Gasteiger partial charge in [-0.1, -0.05) is 41.9 Å². The van der Waals surface area contributed by atoms with Gasteiger partial charge in [-0.25, -0.2) is 0 Å². The van der Waals surface area contributed by atoms with E-state index in [0.717, 1.165) is 11.6 Å². The lowest BCUT2D eigenvalue weighted by Gasteiger charge is -2.19. The van der Waals surface area contributed by atoms with Gasteiger partial charge < -0.3 is 10.6 Å². The number of halogens is 1. The third-order valence-corrected chi connectivity index (χ3v) is 4.98. The van der Waals surface area contributed by atoms with E-state index in [2.05, 4.69) is 10.6 Å². The molecule has 3 aromatic rings. The molecule has 0 aliphatic carbocycles. The summed E-state index contributed by atoms with van der Waals surface area (Å²) in [5, 5.41) is 26.9. The standard InChI is InChI=1S/C22H17ClN4O6/c23-18-13-17(27(32)33)10-11-19(18)24-22(29)20(12-14-4-2-1-3-5-14)25-21(28)15-6-8-16(9-7-15)26(30)31/h1-11,13,20H,12H2,(H,24,29)(H,25,28)/t20-/m0/s1. The van der Waals surface area contributed by atoms with E-state index in [9.17, 15) is 29.8 Å². The molecule has 0 saturated carbocycles. The predicted octanol–water partition coefficient (Wildman–Crippen LogP) is 4.14. The lowest BCUT2D eigenvalue weighted by molar-refractivity contribution is -0.385. The van der Waals surface area contributed by atoms with E-state index < -0.39 is 27.7 Å². The Morgan fingerprint density at radius 2 is 1.48 bits per heavy atom. The number of nitrogens with zero attached hydrogens (tertiary/aromatic N) is 2. The highest BCUT2D eigenvalue weighted by Crippen LogP contribution is 2.27. The van der Waals surface area contributed by atoms with Crippen molar-refractivity contribution in [3.05, 3.63) is 109 Å². The number of hydrogen-bond donors (Lipinski definition) is 2. The van der Waals surface area contributed by atoms with Gasteiger partial charge in [-0.05, 0) is 23.8 Å². The van der Waals surface area contributed by atoms with E-state index in [1.165, 1.54) is 36.4 Å². The number of amides is 2. The number of carbonyl (C=O) groups is 2. The van der Waals surface area contributed by atoms with E-state index in [-0.39, 0.29) is 34.1 Å². The molecule has 0 radical (unpaired) electrons. The highest BCUT2D eigenvalue weighted by molar-refractivity contribution is 6.34. The Balaban J connectivity index is 1.81. The zero-order chi connectivity index (χ0) is 24.0. The zero-order valence-corrected chi connectivity index (χ0v) is 17.7. The third-order valence-electron chi connectivity index (χ3n) is 4.67. The number of carbonyl (C=O) groups excluding carboxylic acids is 2. The topological polar surface area (TPSA) is 144 Å². The fourth-order valence-electron chi connectivity index (χ4n) is 2.97. The number of non-ortho nitro benzene ring substituents is 2.